The zero-order chi connectivity index (χ0) is 13.3. The van der Waals surface area contributed by atoms with Gasteiger partial charge in [-0.1, -0.05) is 19.9 Å². The van der Waals surface area contributed by atoms with Crippen molar-refractivity contribution in [3.8, 4) is 0 Å². The Morgan fingerprint density at radius 3 is 2.50 bits per heavy atom. The van der Waals surface area contributed by atoms with E-state index >= 15 is 0 Å². The van der Waals surface area contributed by atoms with Crippen LogP contribution in [0.1, 0.15) is 39.5 Å². The number of benzene rings is 1. The van der Waals surface area contributed by atoms with Gasteiger partial charge >= 0.3 is 0 Å². The second-order valence-electron chi connectivity index (χ2n) is 6.18. The number of hydrogen-bond acceptors (Lipinski definition) is 2. The van der Waals surface area contributed by atoms with Gasteiger partial charge in [0.2, 0.25) is 0 Å². The lowest BCUT2D eigenvalue weighted by Gasteiger charge is -2.39. The summed E-state index contributed by atoms with van der Waals surface area (Å²) in [4.78, 5) is 2.15. The third kappa shape index (κ3) is 2.60. The molecule has 1 aliphatic rings. The molecule has 1 aromatic rings. The van der Waals surface area contributed by atoms with Crippen molar-refractivity contribution < 1.29 is 4.39 Å². The van der Waals surface area contributed by atoms with Crippen molar-refractivity contribution in [3.05, 3.63) is 24.0 Å². The molecular weight excluding hydrogens is 227 g/mol. The number of rotatable bonds is 2. The molecule has 0 atom stereocenters. The van der Waals surface area contributed by atoms with Gasteiger partial charge in [-0.2, -0.15) is 0 Å². The fraction of sp³-hybridized carbons (Fsp3) is 0.600. The monoisotopic (exact) mass is 250 g/mol. The van der Waals surface area contributed by atoms with Crippen LogP contribution in [0.15, 0.2) is 18.2 Å². The summed E-state index contributed by atoms with van der Waals surface area (Å²) >= 11 is 0. The molecule has 3 heteroatoms. The van der Waals surface area contributed by atoms with Crippen molar-refractivity contribution in [2.75, 3.05) is 17.7 Å². The first-order valence-electron chi connectivity index (χ1n) is 6.67. The van der Waals surface area contributed by atoms with Crippen LogP contribution in [0.25, 0.3) is 0 Å². The SMILES string of the molecule is CN(c1cccc(F)c1N)C1CCC(C)(C)CC1. The normalized spacial score (nSPS) is 19.8. The van der Waals surface area contributed by atoms with Crippen molar-refractivity contribution in [2.24, 2.45) is 5.41 Å². The van der Waals surface area contributed by atoms with Crippen LogP contribution in [0.4, 0.5) is 15.8 Å². The third-order valence-corrected chi connectivity index (χ3v) is 4.27. The van der Waals surface area contributed by atoms with Crippen LogP contribution in [0.5, 0.6) is 0 Å². The van der Waals surface area contributed by atoms with Gasteiger partial charge in [0.1, 0.15) is 5.82 Å². The van der Waals surface area contributed by atoms with Gasteiger partial charge in [-0.25, -0.2) is 4.39 Å². The highest BCUT2D eigenvalue weighted by molar-refractivity contribution is 5.68. The molecule has 0 bridgehead atoms. The fourth-order valence-electron chi connectivity index (χ4n) is 2.80. The van der Waals surface area contributed by atoms with Crippen molar-refractivity contribution >= 4 is 11.4 Å². The van der Waals surface area contributed by atoms with Crippen molar-refractivity contribution in [1.82, 2.24) is 0 Å². The Morgan fingerprint density at radius 2 is 1.89 bits per heavy atom. The number of nitrogens with zero attached hydrogens (tertiary/aromatic N) is 1. The van der Waals surface area contributed by atoms with Crippen LogP contribution in [-0.2, 0) is 0 Å². The van der Waals surface area contributed by atoms with Gasteiger partial charge in [0.25, 0.3) is 0 Å². The largest absolute Gasteiger partial charge is 0.395 e. The van der Waals surface area contributed by atoms with E-state index in [9.17, 15) is 4.39 Å². The first kappa shape index (κ1) is 13.2. The molecule has 0 radical (unpaired) electrons. The molecule has 1 fully saturated rings. The Bertz CT molecular complexity index is 419. The van der Waals surface area contributed by atoms with E-state index in [2.05, 4.69) is 18.7 Å². The Balaban J connectivity index is 2.12. The molecule has 0 heterocycles. The van der Waals surface area contributed by atoms with Gasteiger partial charge < -0.3 is 10.6 Å². The summed E-state index contributed by atoms with van der Waals surface area (Å²) in [7, 11) is 2.02. The summed E-state index contributed by atoms with van der Waals surface area (Å²) in [5, 5.41) is 0. The molecule has 0 spiro atoms. The summed E-state index contributed by atoms with van der Waals surface area (Å²) in [5.41, 5.74) is 7.36. The van der Waals surface area contributed by atoms with Crippen molar-refractivity contribution in [1.29, 1.82) is 0 Å². The van der Waals surface area contributed by atoms with Gasteiger partial charge in [0, 0.05) is 13.1 Å². The first-order chi connectivity index (χ1) is 8.41. The lowest BCUT2D eigenvalue weighted by atomic mass is 9.75. The zero-order valence-corrected chi connectivity index (χ0v) is 11.5. The minimum atomic E-state index is -0.324. The Labute approximate surface area is 109 Å². The fourth-order valence-corrected chi connectivity index (χ4v) is 2.80. The molecule has 0 aromatic heterocycles. The zero-order valence-electron chi connectivity index (χ0n) is 11.5. The Morgan fingerprint density at radius 1 is 1.28 bits per heavy atom. The number of nitrogen functional groups attached to an aromatic ring is 1. The summed E-state index contributed by atoms with van der Waals surface area (Å²) in [5.74, 6) is -0.324. The predicted molar refractivity (Wildman–Crippen MR) is 75.3 cm³/mol. The highest BCUT2D eigenvalue weighted by atomic mass is 19.1. The van der Waals surface area contributed by atoms with E-state index in [-0.39, 0.29) is 11.5 Å². The molecule has 2 nitrogen and oxygen atoms in total. The van der Waals surface area contributed by atoms with Gasteiger partial charge in [-0.15, -0.1) is 0 Å². The predicted octanol–water partition coefficient (Wildman–Crippen LogP) is 3.81. The highest BCUT2D eigenvalue weighted by Crippen LogP contribution is 2.38. The van der Waals surface area contributed by atoms with E-state index in [4.69, 9.17) is 5.73 Å². The van der Waals surface area contributed by atoms with Crippen LogP contribution in [0.3, 0.4) is 0 Å². The van der Waals surface area contributed by atoms with Crippen molar-refractivity contribution in [2.45, 2.75) is 45.6 Å². The minimum Gasteiger partial charge on any atom is -0.395 e. The maximum absolute atomic E-state index is 13.5. The van der Waals surface area contributed by atoms with E-state index in [0.29, 0.717) is 11.5 Å². The van der Waals surface area contributed by atoms with Crippen LogP contribution in [-0.4, -0.2) is 13.1 Å². The number of hydrogen-bond donors (Lipinski definition) is 1. The van der Waals surface area contributed by atoms with Gasteiger partial charge in [-0.3, -0.25) is 0 Å². The van der Waals surface area contributed by atoms with Gasteiger partial charge in [0.05, 0.1) is 11.4 Å². The van der Waals surface area contributed by atoms with Crippen molar-refractivity contribution in [3.63, 3.8) is 0 Å². The smallest absolute Gasteiger partial charge is 0.148 e. The molecular formula is C15H23FN2. The van der Waals surface area contributed by atoms with Gasteiger partial charge in [0.15, 0.2) is 0 Å². The summed E-state index contributed by atoms with van der Waals surface area (Å²) in [6.07, 6.45) is 4.74. The summed E-state index contributed by atoms with van der Waals surface area (Å²) in [6, 6.07) is 5.51. The van der Waals surface area contributed by atoms with Crippen LogP contribution >= 0.6 is 0 Å². The molecule has 100 valence electrons. The lowest BCUT2D eigenvalue weighted by Crippen LogP contribution is -2.37. The molecule has 0 saturated heterocycles. The molecule has 1 aliphatic carbocycles. The molecule has 1 saturated carbocycles. The van der Waals surface area contributed by atoms with Crippen LogP contribution in [0.2, 0.25) is 0 Å². The number of anilines is 2. The summed E-state index contributed by atoms with van der Waals surface area (Å²) < 4.78 is 13.5. The molecule has 0 amide bonds. The van der Waals surface area contributed by atoms with E-state index < -0.39 is 0 Å². The standard InChI is InChI=1S/C15H23FN2/c1-15(2)9-7-11(8-10-15)18(3)13-6-4-5-12(16)14(13)17/h4-6,11H,7-10,17H2,1-3H3. The average Bonchev–Trinajstić information content (AvgIpc) is 2.32. The van der Waals surface area contributed by atoms with Gasteiger partial charge in [-0.05, 0) is 43.2 Å². The van der Waals surface area contributed by atoms with Crippen LogP contribution in [0, 0.1) is 11.2 Å². The Kier molecular flexibility index (Phi) is 3.51. The number of para-hydroxylation sites is 1. The van der Waals surface area contributed by atoms with Crippen LogP contribution < -0.4 is 10.6 Å². The molecule has 2 rings (SSSR count). The molecule has 1 aromatic carbocycles. The average molecular weight is 250 g/mol. The molecule has 18 heavy (non-hydrogen) atoms. The number of halogens is 1. The van der Waals surface area contributed by atoms with E-state index in [1.807, 2.05) is 13.1 Å². The molecule has 2 N–H and O–H groups in total. The van der Waals surface area contributed by atoms with E-state index in [1.54, 1.807) is 6.07 Å². The Hall–Kier alpha value is -1.25. The van der Waals surface area contributed by atoms with E-state index in [0.717, 1.165) is 18.5 Å². The lowest BCUT2D eigenvalue weighted by molar-refractivity contribution is 0.222. The second kappa shape index (κ2) is 4.79. The first-order valence-corrected chi connectivity index (χ1v) is 6.67. The molecule has 0 unspecified atom stereocenters. The maximum Gasteiger partial charge on any atom is 0.148 e. The second-order valence-corrected chi connectivity index (χ2v) is 6.18. The highest BCUT2D eigenvalue weighted by Gasteiger charge is 2.29. The third-order valence-electron chi connectivity index (χ3n) is 4.27. The quantitative estimate of drug-likeness (QED) is 0.809. The topological polar surface area (TPSA) is 29.3 Å². The minimum absolute atomic E-state index is 0.268. The molecule has 0 aliphatic heterocycles. The maximum atomic E-state index is 13.5. The van der Waals surface area contributed by atoms with E-state index in [1.165, 1.54) is 18.9 Å². The number of nitrogens with two attached hydrogens (primary N) is 1. The summed E-state index contributed by atoms with van der Waals surface area (Å²) in [6.45, 7) is 4.64.